The van der Waals surface area contributed by atoms with Crippen molar-refractivity contribution >= 4 is 40.9 Å². The summed E-state index contributed by atoms with van der Waals surface area (Å²) in [5, 5.41) is 0. The third-order valence-electron chi connectivity index (χ3n) is 5.40. The first-order chi connectivity index (χ1) is 15.7. The molecule has 1 aliphatic rings. The van der Waals surface area contributed by atoms with Crippen LogP contribution in [0, 0.1) is 6.92 Å². The molecule has 3 heterocycles. The average Bonchev–Trinajstić information content (AvgIpc) is 2.80. The number of carbonyl (C=O) groups excluding carboxylic acids is 1. The minimum Gasteiger partial charge on any atom is -0.445 e. The summed E-state index contributed by atoms with van der Waals surface area (Å²) in [6.45, 7) is 1.85. The number of amides is 1. The monoisotopic (exact) mass is 506 g/mol. The summed E-state index contributed by atoms with van der Waals surface area (Å²) in [5.41, 5.74) is 2.63. The van der Waals surface area contributed by atoms with Gasteiger partial charge in [0.05, 0.1) is 17.9 Å². The molecule has 0 aliphatic carbocycles. The zero-order valence-corrected chi connectivity index (χ0v) is 20.0. The fraction of sp³-hybridized carbons (Fsp3) is 0.304. The summed E-state index contributed by atoms with van der Waals surface area (Å²) in [6, 6.07) is 14.9. The van der Waals surface area contributed by atoms with Crippen molar-refractivity contribution in [3.8, 4) is 0 Å². The maximum atomic E-state index is 13.7. The first kappa shape index (κ1) is 23.5. The molecule has 3 aromatic rings. The number of benzene rings is 1. The molecule has 0 spiro atoms. The molecular formula is C23H21Cl3N4O3. The van der Waals surface area contributed by atoms with Gasteiger partial charge in [0.15, 0.2) is 0 Å². The molecule has 0 bridgehead atoms. The van der Waals surface area contributed by atoms with Gasteiger partial charge in [-0.15, -0.1) is 0 Å². The minimum absolute atomic E-state index is 0.143. The van der Waals surface area contributed by atoms with Crippen molar-refractivity contribution in [2.24, 2.45) is 0 Å². The first-order valence-electron chi connectivity index (χ1n) is 10.3. The third-order valence-corrected chi connectivity index (χ3v) is 5.73. The second kappa shape index (κ2) is 9.71. The maximum absolute atomic E-state index is 13.7. The molecular weight excluding hydrogens is 487 g/mol. The van der Waals surface area contributed by atoms with E-state index < -0.39 is 15.9 Å². The van der Waals surface area contributed by atoms with Crippen LogP contribution in [-0.2, 0) is 17.7 Å². The van der Waals surface area contributed by atoms with Crippen LogP contribution in [0.25, 0.3) is 0 Å². The number of pyridine rings is 1. The number of hydrogen-bond donors (Lipinski definition) is 0. The fourth-order valence-corrected chi connectivity index (χ4v) is 4.10. The number of alkyl halides is 3. The Morgan fingerprint density at radius 3 is 2.55 bits per heavy atom. The second-order valence-corrected chi connectivity index (χ2v) is 10.2. The molecule has 1 aromatic carbocycles. The lowest BCUT2D eigenvalue weighted by Crippen LogP contribution is -2.42. The zero-order valence-electron chi connectivity index (χ0n) is 17.7. The molecule has 4 rings (SSSR count). The van der Waals surface area contributed by atoms with Gasteiger partial charge in [-0.25, -0.2) is 9.78 Å². The molecule has 1 aliphatic heterocycles. The first-order valence-corrected chi connectivity index (χ1v) is 11.4. The maximum Gasteiger partial charge on any atom is 0.410 e. The normalized spacial score (nSPS) is 14.5. The van der Waals surface area contributed by atoms with Gasteiger partial charge in [-0.05, 0) is 31.0 Å². The Hall–Kier alpha value is -2.61. The number of rotatable bonds is 4. The summed E-state index contributed by atoms with van der Waals surface area (Å²) in [6.07, 6.45) is 1.43. The van der Waals surface area contributed by atoms with Crippen molar-refractivity contribution in [2.45, 2.75) is 29.7 Å². The van der Waals surface area contributed by atoms with Crippen molar-refractivity contribution in [2.75, 3.05) is 13.2 Å². The number of aromatic nitrogens is 3. The van der Waals surface area contributed by atoms with E-state index in [1.807, 2.05) is 48.5 Å². The summed E-state index contributed by atoms with van der Waals surface area (Å²) >= 11 is 17.0. The lowest BCUT2D eigenvalue weighted by atomic mass is 10.0. The number of aryl methyl sites for hydroxylation is 1. The molecule has 1 unspecified atom stereocenters. The Morgan fingerprint density at radius 1 is 1.15 bits per heavy atom. The van der Waals surface area contributed by atoms with Gasteiger partial charge < -0.3 is 9.64 Å². The third kappa shape index (κ3) is 5.32. The van der Waals surface area contributed by atoms with E-state index in [4.69, 9.17) is 44.5 Å². The lowest BCUT2D eigenvalue weighted by molar-refractivity contribution is 0.0985. The van der Waals surface area contributed by atoms with Crippen LogP contribution in [-0.4, -0.2) is 42.5 Å². The van der Waals surface area contributed by atoms with Crippen molar-refractivity contribution in [3.05, 3.63) is 93.4 Å². The van der Waals surface area contributed by atoms with Gasteiger partial charge in [-0.1, -0.05) is 71.2 Å². The quantitative estimate of drug-likeness (QED) is 0.488. The van der Waals surface area contributed by atoms with Gasteiger partial charge in [0, 0.05) is 18.3 Å². The highest BCUT2D eigenvalue weighted by atomic mass is 35.6. The van der Waals surface area contributed by atoms with E-state index in [0.29, 0.717) is 30.0 Å². The highest BCUT2D eigenvalue weighted by Gasteiger charge is 2.30. The molecule has 0 fully saturated rings. The Kier molecular flexibility index (Phi) is 6.93. The molecule has 7 nitrogen and oxygen atoms in total. The molecule has 0 saturated carbocycles. The van der Waals surface area contributed by atoms with E-state index >= 15 is 0 Å². The summed E-state index contributed by atoms with van der Waals surface area (Å²) in [4.78, 5) is 36.7. The van der Waals surface area contributed by atoms with Crippen LogP contribution in [0.3, 0.4) is 0 Å². The van der Waals surface area contributed by atoms with Gasteiger partial charge in [0.1, 0.15) is 18.5 Å². The van der Waals surface area contributed by atoms with Crippen molar-refractivity contribution in [3.63, 3.8) is 0 Å². The number of fused-ring (bicyclic) bond motifs is 1. The molecule has 172 valence electrons. The molecule has 0 N–H and O–H groups in total. The van der Waals surface area contributed by atoms with E-state index in [2.05, 4.69) is 4.98 Å². The number of nitrogens with zero attached hydrogens (tertiary/aromatic N) is 4. The number of halogens is 3. The van der Waals surface area contributed by atoms with Crippen LogP contribution in [0.4, 0.5) is 4.79 Å². The van der Waals surface area contributed by atoms with Crippen LogP contribution in [0.1, 0.15) is 34.4 Å². The predicted octanol–water partition coefficient (Wildman–Crippen LogP) is 4.45. The molecule has 10 heteroatoms. The van der Waals surface area contributed by atoms with Crippen molar-refractivity contribution in [1.82, 2.24) is 19.4 Å². The highest BCUT2D eigenvalue weighted by molar-refractivity contribution is 6.67. The van der Waals surface area contributed by atoms with Crippen LogP contribution in [0.15, 0.2) is 59.5 Å². The van der Waals surface area contributed by atoms with Crippen molar-refractivity contribution < 1.29 is 9.53 Å². The summed E-state index contributed by atoms with van der Waals surface area (Å²) < 4.78 is 5.05. The minimum atomic E-state index is -1.69. The Bertz CT molecular complexity index is 1160. The molecule has 0 saturated heterocycles. The Labute approximate surface area is 205 Å². The summed E-state index contributed by atoms with van der Waals surface area (Å²) in [5.74, 6) is 0.523. The number of hydrogen-bond acceptors (Lipinski definition) is 5. The molecule has 1 amide bonds. The largest absolute Gasteiger partial charge is 0.445 e. The van der Waals surface area contributed by atoms with E-state index in [0.717, 1.165) is 11.3 Å². The van der Waals surface area contributed by atoms with Crippen molar-refractivity contribution in [1.29, 1.82) is 0 Å². The van der Waals surface area contributed by atoms with Gasteiger partial charge in [0.2, 0.25) is 3.79 Å². The number of carbonyl (C=O) groups is 1. The van der Waals surface area contributed by atoms with Gasteiger partial charge >= 0.3 is 6.09 Å². The molecule has 2 aromatic heterocycles. The molecule has 1 atom stereocenters. The standard InChI is InChI=1S/C23H21Cl3N4O3/c1-15-28-19-13-29(22(32)33-14-23(24,25)26)12-10-17(19)21(31)30(15)20(16-7-3-2-4-8-16)18-9-5-6-11-27-18/h2-9,11,20H,10,12-14H2,1H3. The van der Waals surface area contributed by atoms with E-state index in [1.165, 1.54) is 4.90 Å². The molecule has 0 radical (unpaired) electrons. The summed E-state index contributed by atoms with van der Waals surface area (Å²) in [7, 11) is 0. The lowest BCUT2D eigenvalue weighted by Gasteiger charge is -2.30. The van der Waals surface area contributed by atoms with E-state index in [1.54, 1.807) is 17.7 Å². The predicted molar refractivity (Wildman–Crippen MR) is 127 cm³/mol. The second-order valence-electron chi connectivity index (χ2n) is 7.67. The number of ether oxygens (including phenoxy) is 1. The fourth-order valence-electron chi connectivity index (χ4n) is 3.94. The SMILES string of the molecule is Cc1nc2c(c(=O)n1C(c1ccccc1)c1ccccn1)CCN(C(=O)OCC(Cl)(Cl)Cl)C2. The van der Waals surface area contributed by atoms with E-state index in [-0.39, 0.29) is 18.7 Å². The smallest absolute Gasteiger partial charge is 0.410 e. The van der Waals surface area contributed by atoms with E-state index in [9.17, 15) is 9.59 Å². The zero-order chi connectivity index (χ0) is 23.6. The van der Waals surface area contributed by atoms with Gasteiger partial charge in [-0.3, -0.25) is 14.3 Å². The van der Waals surface area contributed by atoms with Crippen LogP contribution in [0.5, 0.6) is 0 Å². The van der Waals surface area contributed by atoms with Crippen LogP contribution < -0.4 is 5.56 Å². The molecule has 33 heavy (non-hydrogen) atoms. The Morgan fingerprint density at radius 2 is 1.88 bits per heavy atom. The van der Waals surface area contributed by atoms with Gasteiger partial charge in [-0.2, -0.15) is 0 Å². The van der Waals surface area contributed by atoms with Gasteiger partial charge in [0.25, 0.3) is 5.56 Å². The average molecular weight is 508 g/mol. The highest BCUT2D eigenvalue weighted by Crippen LogP contribution is 2.28. The Balaban J connectivity index is 1.70. The topological polar surface area (TPSA) is 77.3 Å². The van der Waals surface area contributed by atoms with Crippen LogP contribution in [0.2, 0.25) is 0 Å². The van der Waals surface area contributed by atoms with Crippen LogP contribution >= 0.6 is 34.8 Å².